The van der Waals surface area contributed by atoms with E-state index in [1.54, 1.807) is 0 Å². The molecular weight excluding hydrogens is 427 g/mol. The highest BCUT2D eigenvalue weighted by molar-refractivity contribution is 6.32. The van der Waals surface area contributed by atoms with Crippen LogP contribution in [0.4, 0.5) is 24.5 Å². The maximum absolute atomic E-state index is 13.7. The van der Waals surface area contributed by atoms with Crippen LogP contribution in [-0.4, -0.2) is 41.4 Å². The molecule has 0 aliphatic carbocycles. The number of hydrogen-bond acceptors (Lipinski definition) is 6. The van der Waals surface area contributed by atoms with Crippen molar-refractivity contribution in [3.63, 3.8) is 0 Å². The van der Waals surface area contributed by atoms with Crippen LogP contribution in [-0.2, 0) is 14.4 Å². The number of anilines is 2. The molecule has 2 heterocycles. The predicted octanol–water partition coefficient (Wildman–Crippen LogP) is 2.69. The Hall–Kier alpha value is -3.47. The average molecular weight is 438 g/mol. The Labute approximate surface area is 171 Å². The number of hydrogen-bond donors (Lipinski definition) is 1. The predicted molar refractivity (Wildman–Crippen MR) is 98.0 cm³/mol. The largest absolute Gasteiger partial charge is 0.322 e. The molecule has 0 spiro atoms. The molecule has 2 atom stereocenters. The minimum absolute atomic E-state index is 0.0484. The van der Waals surface area contributed by atoms with Gasteiger partial charge in [-0.1, -0.05) is 16.8 Å². The van der Waals surface area contributed by atoms with E-state index in [9.17, 15) is 27.6 Å². The highest BCUT2D eigenvalue weighted by atomic mass is 35.5. The van der Waals surface area contributed by atoms with E-state index in [0.717, 1.165) is 40.2 Å². The smallest absolute Gasteiger partial charge is 0.263 e. The monoisotopic (exact) mass is 437 g/mol. The molecule has 154 valence electrons. The van der Waals surface area contributed by atoms with Gasteiger partial charge in [-0.3, -0.25) is 19.4 Å². The van der Waals surface area contributed by atoms with E-state index in [-0.39, 0.29) is 16.4 Å². The molecule has 2 aliphatic rings. The lowest BCUT2D eigenvalue weighted by Crippen LogP contribution is -2.43. The molecule has 1 fully saturated rings. The fourth-order valence-electron chi connectivity index (χ4n) is 3.16. The van der Waals surface area contributed by atoms with Crippen LogP contribution in [0.2, 0.25) is 5.02 Å². The standard InChI is InChI=1S/C18H11ClF3N5O3/c19-10-6-9(2-4-11(10)21)27-17(29)15-16(18(27)30)26(25-24-15)7-14(28)23-13-5-8(20)1-3-12(13)22/h1-6,15-16H,7H2,(H,23,28)/t15-,16-/m0/s1. The molecule has 8 nitrogen and oxygen atoms in total. The first kappa shape index (κ1) is 19.8. The summed E-state index contributed by atoms with van der Waals surface area (Å²) in [6.45, 7) is -0.544. The summed E-state index contributed by atoms with van der Waals surface area (Å²) in [5.74, 6) is -4.57. The number of fused-ring (bicyclic) bond motifs is 1. The molecular formula is C18H11ClF3N5O3. The first-order valence-corrected chi connectivity index (χ1v) is 8.89. The Bertz CT molecular complexity index is 1110. The van der Waals surface area contributed by atoms with Crippen molar-refractivity contribution in [3.05, 3.63) is 58.9 Å². The summed E-state index contributed by atoms with van der Waals surface area (Å²) < 4.78 is 40.3. The molecule has 2 aromatic rings. The van der Waals surface area contributed by atoms with E-state index in [1.165, 1.54) is 6.07 Å². The third kappa shape index (κ3) is 3.36. The van der Waals surface area contributed by atoms with Gasteiger partial charge in [-0.25, -0.2) is 18.1 Å². The summed E-state index contributed by atoms with van der Waals surface area (Å²) in [7, 11) is 0. The zero-order valence-electron chi connectivity index (χ0n) is 14.9. The van der Waals surface area contributed by atoms with Gasteiger partial charge in [-0.05, 0) is 30.3 Å². The van der Waals surface area contributed by atoms with Gasteiger partial charge in [0, 0.05) is 6.07 Å². The van der Waals surface area contributed by atoms with E-state index >= 15 is 0 Å². The topological polar surface area (TPSA) is 94.4 Å². The molecule has 0 aromatic heterocycles. The van der Waals surface area contributed by atoms with Crippen LogP contribution >= 0.6 is 11.6 Å². The third-order valence-electron chi connectivity index (χ3n) is 4.53. The fourth-order valence-corrected chi connectivity index (χ4v) is 3.34. The highest BCUT2D eigenvalue weighted by Gasteiger charge is 2.55. The molecule has 2 aliphatic heterocycles. The van der Waals surface area contributed by atoms with Crippen molar-refractivity contribution >= 4 is 40.7 Å². The van der Waals surface area contributed by atoms with Crippen LogP contribution in [0.1, 0.15) is 0 Å². The molecule has 0 radical (unpaired) electrons. The van der Waals surface area contributed by atoms with Gasteiger partial charge >= 0.3 is 0 Å². The van der Waals surface area contributed by atoms with Crippen LogP contribution in [0.15, 0.2) is 46.7 Å². The Morgan fingerprint density at radius 2 is 1.80 bits per heavy atom. The van der Waals surface area contributed by atoms with Gasteiger partial charge < -0.3 is 5.32 Å². The SMILES string of the molecule is O=C(CN1N=N[C@@H]2C(=O)N(c3ccc(F)c(Cl)c3)C(=O)[C@H]21)Nc1cc(F)ccc1F. The number of amides is 3. The van der Waals surface area contributed by atoms with E-state index in [1.807, 2.05) is 0 Å². The van der Waals surface area contributed by atoms with E-state index in [0.29, 0.717) is 0 Å². The van der Waals surface area contributed by atoms with Crippen molar-refractivity contribution in [3.8, 4) is 0 Å². The van der Waals surface area contributed by atoms with Gasteiger partial charge in [-0.15, -0.1) is 0 Å². The number of carbonyl (C=O) groups excluding carboxylic acids is 3. The Morgan fingerprint density at radius 1 is 1.07 bits per heavy atom. The molecule has 1 saturated heterocycles. The molecule has 0 unspecified atom stereocenters. The van der Waals surface area contributed by atoms with Crippen LogP contribution in [0.3, 0.4) is 0 Å². The second-order valence-corrected chi connectivity index (χ2v) is 6.88. The lowest BCUT2D eigenvalue weighted by molar-refractivity contribution is -0.123. The van der Waals surface area contributed by atoms with Gasteiger partial charge in [0.15, 0.2) is 12.1 Å². The summed E-state index contributed by atoms with van der Waals surface area (Å²) in [5, 5.41) is 10.3. The number of halogens is 4. The summed E-state index contributed by atoms with van der Waals surface area (Å²) in [6.07, 6.45) is 0. The van der Waals surface area contributed by atoms with Crippen molar-refractivity contribution < 1.29 is 27.6 Å². The summed E-state index contributed by atoms with van der Waals surface area (Å²) in [4.78, 5) is 38.4. The van der Waals surface area contributed by atoms with Crippen molar-refractivity contribution in [1.82, 2.24) is 5.01 Å². The lowest BCUT2D eigenvalue weighted by atomic mass is 10.1. The molecule has 12 heteroatoms. The second-order valence-electron chi connectivity index (χ2n) is 6.47. The van der Waals surface area contributed by atoms with Crippen molar-refractivity contribution in [1.29, 1.82) is 0 Å². The van der Waals surface area contributed by atoms with Crippen molar-refractivity contribution in [2.45, 2.75) is 12.1 Å². The van der Waals surface area contributed by atoms with Gasteiger partial charge in [-0.2, -0.15) is 5.11 Å². The molecule has 0 saturated carbocycles. The van der Waals surface area contributed by atoms with E-state index < -0.39 is 53.8 Å². The number of rotatable bonds is 4. The highest BCUT2D eigenvalue weighted by Crippen LogP contribution is 2.33. The maximum Gasteiger partial charge on any atom is 0.263 e. The normalized spacial score (nSPS) is 20.1. The van der Waals surface area contributed by atoms with Crippen LogP contribution in [0, 0.1) is 17.5 Å². The minimum Gasteiger partial charge on any atom is -0.322 e. The lowest BCUT2D eigenvalue weighted by Gasteiger charge is -2.20. The number of carbonyl (C=O) groups is 3. The molecule has 30 heavy (non-hydrogen) atoms. The quantitative estimate of drug-likeness (QED) is 0.744. The van der Waals surface area contributed by atoms with E-state index in [2.05, 4.69) is 15.7 Å². The van der Waals surface area contributed by atoms with E-state index in [4.69, 9.17) is 11.6 Å². The zero-order chi connectivity index (χ0) is 21.6. The first-order chi connectivity index (χ1) is 14.3. The van der Waals surface area contributed by atoms with Crippen LogP contribution in [0.5, 0.6) is 0 Å². The van der Waals surface area contributed by atoms with Gasteiger partial charge in [0.25, 0.3) is 11.8 Å². The third-order valence-corrected chi connectivity index (χ3v) is 4.82. The molecule has 4 rings (SSSR count). The summed E-state index contributed by atoms with van der Waals surface area (Å²) in [5.41, 5.74) is -0.337. The number of nitrogens with zero attached hydrogens (tertiary/aromatic N) is 4. The average Bonchev–Trinajstić information content (AvgIpc) is 3.21. The van der Waals surface area contributed by atoms with Gasteiger partial charge in [0.2, 0.25) is 5.91 Å². The van der Waals surface area contributed by atoms with Crippen LogP contribution < -0.4 is 10.2 Å². The Balaban J connectivity index is 1.51. The summed E-state index contributed by atoms with van der Waals surface area (Å²) >= 11 is 5.72. The number of benzene rings is 2. The fraction of sp³-hybridized carbons (Fsp3) is 0.167. The Kier molecular flexibility index (Phi) is 4.90. The molecule has 1 N–H and O–H groups in total. The number of imide groups is 1. The van der Waals surface area contributed by atoms with Gasteiger partial charge in [0.1, 0.15) is 24.0 Å². The zero-order valence-corrected chi connectivity index (χ0v) is 15.6. The Morgan fingerprint density at radius 3 is 2.53 bits per heavy atom. The minimum atomic E-state index is -1.20. The second kappa shape index (κ2) is 7.41. The van der Waals surface area contributed by atoms with Crippen molar-refractivity contribution in [2.24, 2.45) is 10.3 Å². The molecule has 3 amide bonds. The number of nitrogens with one attached hydrogen (secondary N) is 1. The van der Waals surface area contributed by atoms with Crippen molar-refractivity contribution in [2.75, 3.05) is 16.8 Å². The van der Waals surface area contributed by atoms with Gasteiger partial charge in [0.05, 0.1) is 16.4 Å². The summed E-state index contributed by atoms with van der Waals surface area (Å²) in [6, 6.07) is 3.47. The molecule has 2 aromatic carbocycles. The molecule has 0 bridgehead atoms. The maximum atomic E-state index is 13.7. The van der Waals surface area contributed by atoms with Crippen LogP contribution in [0.25, 0.3) is 0 Å². The first-order valence-electron chi connectivity index (χ1n) is 8.51.